The minimum absolute atomic E-state index is 0.0830. The summed E-state index contributed by atoms with van der Waals surface area (Å²) in [6.45, 7) is 5.11. The summed E-state index contributed by atoms with van der Waals surface area (Å²) >= 11 is 0. The van der Waals surface area contributed by atoms with Crippen LogP contribution in [-0.4, -0.2) is 64.4 Å². The smallest absolute Gasteiger partial charge is 0.309 e. The summed E-state index contributed by atoms with van der Waals surface area (Å²) in [7, 11) is -4.83. The van der Waals surface area contributed by atoms with Crippen LogP contribution < -0.4 is 10.9 Å². The molecule has 0 spiro atoms. The van der Waals surface area contributed by atoms with Gasteiger partial charge in [0.1, 0.15) is 6.04 Å². The molecule has 1 aromatic rings. The fourth-order valence-corrected chi connectivity index (χ4v) is 3.19. The SMILES string of the molecule is CC(C)(C)C(=O)NNC(=O)[C@@H]1CC[C@@H]2CN1C(=O)N2OS(=O)(=O)O.c1ccncc1. The van der Waals surface area contributed by atoms with Crippen molar-refractivity contribution >= 4 is 28.2 Å². The molecule has 13 heteroatoms. The van der Waals surface area contributed by atoms with Gasteiger partial charge in [-0.2, -0.15) is 13.5 Å². The van der Waals surface area contributed by atoms with E-state index in [0.717, 1.165) is 4.90 Å². The molecule has 3 rings (SSSR count). The first-order valence-electron chi connectivity index (χ1n) is 9.12. The van der Waals surface area contributed by atoms with E-state index in [0.29, 0.717) is 11.5 Å². The average molecular weight is 443 g/mol. The molecule has 2 aliphatic rings. The molecule has 0 radical (unpaired) electrons. The number of nitrogens with one attached hydrogen (secondary N) is 2. The molecule has 2 aliphatic heterocycles. The summed E-state index contributed by atoms with van der Waals surface area (Å²) in [5.41, 5.74) is 3.85. The number of fused-ring (bicyclic) bond motifs is 2. The normalized spacial score (nSPS) is 20.9. The van der Waals surface area contributed by atoms with E-state index in [1.807, 2.05) is 18.2 Å². The van der Waals surface area contributed by atoms with Crippen molar-refractivity contribution in [2.75, 3.05) is 6.54 Å². The van der Waals surface area contributed by atoms with Crippen molar-refractivity contribution in [1.29, 1.82) is 0 Å². The summed E-state index contributed by atoms with van der Waals surface area (Å²) in [6.07, 6.45) is 4.07. The lowest BCUT2D eigenvalue weighted by atomic mass is 9.96. The molecule has 12 nitrogen and oxygen atoms in total. The largest absolute Gasteiger partial charge is 0.418 e. The third-order valence-electron chi connectivity index (χ3n) is 4.35. The highest BCUT2D eigenvalue weighted by Gasteiger charge is 2.49. The van der Waals surface area contributed by atoms with Gasteiger partial charge in [-0.1, -0.05) is 26.8 Å². The Bertz CT molecular complexity index is 846. The lowest BCUT2D eigenvalue weighted by Gasteiger charge is -2.29. The van der Waals surface area contributed by atoms with Crippen LogP contribution in [0.4, 0.5) is 4.79 Å². The predicted molar refractivity (Wildman–Crippen MR) is 103 cm³/mol. The Balaban J connectivity index is 0.000000456. The number of piperidine rings is 1. The number of amides is 4. The molecule has 1 aromatic heterocycles. The maximum atomic E-state index is 12.2. The third kappa shape index (κ3) is 6.37. The van der Waals surface area contributed by atoms with Gasteiger partial charge in [-0.25, -0.2) is 4.79 Å². The van der Waals surface area contributed by atoms with Gasteiger partial charge in [0.15, 0.2) is 0 Å². The zero-order chi connectivity index (χ0) is 22.5. The van der Waals surface area contributed by atoms with Crippen molar-refractivity contribution in [1.82, 2.24) is 25.8 Å². The second-order valence-electron chi connectivity index (χ2n) is 7.73. The average Bonchev–Trinajstić information content (AvgIpc) is 2.90. The Morgan fingerprint density at radius 2 is 1.80 bits per heavy atom. The van der Waals surface area contributed by atoms with Gasteiger partial charge >= 0.3 is 16.4 Å². The summed E-state index contributed by atoms with van der Waals surface area (Å²) in [4.78, 5) is 41.0. The first-order valence-corrected chi connectivity index (χ1v) is 10.5. The van der Waals surface area contributed by atoms with E-state index in [9.17, 15) is 22.8 Å². The van der Waals surface area contributed by atoms with Gasteiger partial charge in [0.25, 0.3) is 5.91 Å². The highest BCUT2D eigenvalue weighted by molar-refractivity contribution is 7.80. The monoisotopic (exact) mass is 443 g/mol. The molecular weight excluding hydrogens is 418 g/mol. The number of rotatable bonds is 3. The molecular formula is C17H25N5O7S. The van der Waals surface area contributed by atoms with Gasteiger partial charge in [-0.15, -0.1) is 4.28 Å². The fraction of sp³-hybridized carbons (Fsp3) is 0.529. The molecule has 3 N–H and O–H groups in total. The minimum Gasteiger partial charge on any atom is -0.309 e. The topological polar surface area (TPSA) is 158 Å². The lowest BCUT2D eigenvalue weighted by molar-refractivity contribution is -0.135. The second-order valence-corrected chi connectivity index (χ2v) is 8.73. The number of pyridine rings is 1. The van der Waals surface area contributed by atoms with Crippen LogP contribution >= 0.6 is 0 Å². The van der Waals surface area contributed by atoms with Crippen molar-refractivity contribution < 1.29 is 31.6 Å². The Labute approximate surface area is 174 Å². The highest BCUT2D eigenvalue weighted by atomic mass is 32.3. The molecule has 0 aliphatic carbocycles. The van der Waals surface area contributed by atoms with Gasteiger partial charge in [-0.05, 0) is 25.0 Å². The standard InChI is InChI=1S/C12H20N4O7S.C5H5N/c1-12(2,3)10(18)14-13-9(17)8-5-4-7-6-15(8)11(19)16(7)23-24(20,21)22;1-2-4-6-5-3-1/h7-8H,4-6H2,1-3H3,(H,13,17)(H,14,18)(H,20,21,22);1-5H/t7-,8+;/m1./s1. The molecule has 0 unspecified atom stereocenters. The van der Waals surface area contributed by atoms with Gasteiger partial charge in [0.05, 0.1) is 6.04 Å². The van der Waals surface area contributed by atoms with Gasteiger partial charge in [-0.3, -0.25) is 30.0 Å². The Kier molecular flexibility index (Phi) is 7.34. The van der Waals surface area contributed by atoms with Crippen molar-refractivity contribution in [2.45, 2.75) is 45.7 Å². The van der Waals surface area contributed by atoms with E-state index < -0.39 is 45.7 Å². The number of hydroxylamine groups is 2. The van der Waals surface area contributed by atoms with Crippen LogP contribution in [0.2, 0.25) is 0 Å². The Morgan fingerprint density at radius 1 is 1.17 bits per heavy atom. The third-order valence-corrected chi connectivity index (χ3v) is 4.70. The number of hydrogen-bond acceptors (Lipinski definition) is 7. The maximum absolute atomic E-state index is 12.2. The van der Waals surface area contributed by atoms with E-state index in [-0.39, 0.29) is 13.0 Å². The summed E-state index contributed by atoms with van der Waals surface area (Å²) < 4.78 is 34.6. The van der Waals surface area contributed by atoms with E-state index in [2.05, 4.69) is 20.1 Å². The first-order chi connectivity index (χ1) is 13.9. The summed E-state index contributed by atoms with van der Waals surface area (Å²) in [5, 5.41) is 0.552. The number of carbonyl (C=O) groups is 3. The van der Waals surface area contributed by atoms with Crippen molar-refractivity contribution in [3.05, 3.63) is 30.6 Å². The molecule has 2 saturated heterocycles. The molecule has 3 heterocycles. The highest BCUT2D eigenvalue weighted by Crippen LogP contribution is 2.30. The van der Waals surface area contributed by atoms with Gasteiger partial charge in [0, 0.05) is 24.4 Å². The molecule has 0 saturated carbocycles. The number of nitrogens with zero attached hydrogens (tertiary/aromatic N) is 3. The molecule has 2 fully saturated rings. The molecule has 2 bridgehead atoms. The van der Waals surface area contributed by atoms with Crippen LogP contribution in [-0.2, 0) is 24.3 Å². The van der Waals surface area contributed by atoms with E-state index in [1.54, 1.807) is 33.2 Å². The van der Waals surface area contributed by atoms with Crippen LogP contribution in [0.25, 0.3) is 0 Å². The maximum Gasteiger partial charge on any atom is 0.418 e. The van der Waals surface area contributed by atoms with Crippen LogP contribution in [0.15, 0.2) is 30.6 Å². The van der Waals surface area contributed by atoms with Crippen molar-refractivity contribution in [2.24, 2.45) is 5.41 Å². The molecule has 2 atom stereocenters. The number of hydrazine groups is 1. The Morgan fingerprint density at radius 3 is 2.27 bits per heavy atom. The second kappa shape index (κ2) is 9.36. The fourth-order valence-electron chi connectivity index (χ4n) is 2.81. The summed E-state index contributed by atoms with van der Waals surface area (Å²) in [6, 6.07) is 3.43. The molecule has 166 valence electrons. The molecule has 4 amide bonds. The van der Waals surface area contributed by atoms with E-state index in [4.69, 9.17) is 4.55 Å². The minimum atomic E-state index is -4.83. The van der Waals surface area contributed by atoms with E-state index >= 15 is 0 Å². The zero-order valence-electron chi connectivity index (χ0n) is 16.8. The number of carbonyl (C=O) groups excluding carboxylic acids is 3. The van der Waals surface area contributed by atoms with Crippen LogP contribution in [0.3, 0.4) is 0 Å². The zero-order valence-corrected chi connectivity index (χ0v) is 17.6. The quantitative estimate of drug-likeness (QED) is 0.443. The molecule has 0 aromatic carbocycles. The number of hydrogen-bond donors (Lipinski definition) is 3. The van der Waals surface area contributed by atoms with Crippen molar-refractivity contribution in [3.8, 4) is 0 Å². The lowest BCUT2D eigenvalue weighted by Crippen LogP contribution is -2.55. The van der Waals surface area contributed by atoms with Crippen LogP contribution in [0.1, 0.15) is 33.6 Å². The van der Waals surface area contributed by atoms with Gasteiger partial charge in [0.2, 0.25) is 5.91 Å². The summed E-state index contributed by atoms with van der Waals surface area (Å²) in [5.74, 6) is -0.985. The predicted octanol–water partition coefficient (Wildman–Crippen LogP) is 0.265. The number of urea groups is 1. The van der Waals surface area contributed by atoms with Crippen LogP contribution in [0, 0.1) is 5.41 Å². The van der Waals surface area contributed by atoms with Gasteiger partial charge < -0.3 is 4.90 Å². The molecule has 30 heavy (non-hydrogen) atoms. The number of aromatic nitrogens is 1. The van der Waals surface area contributed by atoms with E-state index in [1.165, 1.54) is 0 Å². The first kappa shape index (κ1) is 23.5. The van der Waals surface area contributed by atoms with Crippen molar-refractivity contribution in [3.63, 3.8) is 0 Å². The Hall–Kier alpha value is -2.77. The van der Waals surface area contributed by atoms with Crippen LogP contribution in [0.5, 0.6) is 0 Å².